The van der Waals surface area contributed by atoms with Gasteiger partial charge in [-0.05, 0) is 17.5 Å². The molecule has 104 valence electrons. The highest BCUT2D eigenvalue weighted by atomic mass is 35.5. The van der Waals surface area contributed by atoms with Crippen LogP contribution >= 0.6 is 12.4 Å². The Morgan fingerprint density at radius 3 is 2.53 bits per heavy atom. The summed E-state index contributed by atoms with van der Waals surface area (Å²) in [5.41, 5.74) is 2.41. The topological polar surface area (TPSA) is 29.9 Å². The molecule has 2 rings (SSSR count). The molecule has 0 atom stereocenters. The lowest BCUT2D eigenvalue weighted by molar-refractivity contribution is 0.477. The summed E-state index contributed by atoms with van der Waals surface area (Å²) in [5.74, 6) is 0.634. The Bertz CT molecular complexity index is 465. The van der Waals surface area contributed by atoms with E-state index in [4.69, 9.17) is 0 Å². The molecule has 2 aromatic rings. The molecular formula is C15H22ClN3. The lowest BCUT2D eigenvalue weighted by Crippen LogP contribution is -2.13. The first-order chi connectivity index (χ1) is 8.74. The summed E-state index contributed by atoms with van der Waals surface area (Å²) in [6.45, 7) is 7.10. The van der Waals surface area contributed by atoms with Crippen LogP contribution in [0, 0.1) is 5.92 Å². The van der Waals surface area contributed by atoms with Crippen molar-refractivity contribution in [2.75, 3.05) is 0 Å². The van der Waals surface area contributed by atoms with Gasteiger partial charge in [0, 0.05) is 25.8 Å². The third-order valence-electron chi connectivity index (χ3n) is 2.73. The first kappa shape index (κ1) is 15.7. The molecule has 1 heterocycles. The van der Waals surface area contributed by atoms with Crippen molar-refractivity contribution in [3.8, 4) is 0 Å². The molecule has 1 aromatic heterocycles. The highest BCUT2D eigenvalue weighted by molar-refractivity contribution is 5.85. The lowest BCUT2D eigenvalue weighted by atomic mass is 10.2. The second kappa shape index (κ2) is 7.97. The standard InChI is InChI=1S/C15H21N3.ClH/c1-13(2)12-18-9-8-15(17-18)11-16-10-14-6-4-3-5-7-14;/h3-9,13,16H,10-12H2,1-2H3;1H. The number of halogens is 1. The van der Waals surface area contributed by atoms with E-state index in [0.717, 1.165) is 25.3 Å². The van der Waals surface area contributed by atoms with E-state index in [0.29, 0.717) is 5.92 Å². The van der Waals surface area contributed by atoms with Gasteiger partial charge in [0.1, 0.15) is 0 Å². The fourth-order valence-corrected chi connectivity index (χ4v) is 1.90. The van der Waals surface area contributed by atoms with Gasteiger partial charge in [0.2, 0.25) is 0 Å². The summed E-state index contributed by atoms with van der Waals surface area (Å²) in [4.78, 5) is 0. The van der Waals surface area contributed by atoms with E-state index in [-0.39, 0.29) is 12.4 Å². The van der Waals surface area contributed by atoms with Crippen LogP contribution in [0.25, 0.3) is 0 Å². The monoisotopic (exact) mass is 279 g/mol. The molecule has 0 fully saturated rings. The van der Waals surface area contributed by atoms with Gasteiger partial charge in [-0.15, -0.1) is 12.4 Å². The van der Waals surface area contributed by atoms with E-state index >= 15 is 0 Å². The summed E-state index contributed by atoms with van der Waals surface area (Å²) in [6.07, 6.45) is 2.06. The van der Waals surface area contributed by atoms with E-state index in [9.17, 15) is 0 Å². The van der Waals surface area contributed by atoms with Gasteiger partial charge < -0.3 is 5.32 Å². The minimum absolute atomic E-state index is 0. The Morgan fingerprint density at radius 1 is 1.11 bits per heavy atom. The molecule has 0 unspecified atom stereocenters. The molecule has 0 amide bonds. The largest absolute Gasteiger partial charge is 0.307 e. The summed E-state index contributed by atoms with van der Waals surface area (Å²) in [6, 6.07) is 12.5. The Labute approximate surface area is 121 Å². The van der Waals surface area contributed by atoms with Crippen molar-refractivity contribution in [1.29, 1.82) is 0 Å². The second-order valence-corrected chi connectivity index (χ2v) is 5.01. The molecule has 0 bridgehead atoms. The highest BCUT2D eigenvalue weighted by Crippen LogP contribution is 2.02. The number of hydrogen-bond acceptors (Lipinski definition) is 2. The molecule has 3 nitrogen and oxygen atoms in total. The van der Waals surface area contributed by atoms with Crippen LogP contribution in [-0.4, -0.2) is 9.78 Å². The predicted octanol–water partition coefficient (Wildman–Crippen LogP) is 3.25. The van der Waals surface area contributed by atoms with Gasteiger partial charge in [0.25, 0.3) is 0 Å². The Morgan fingerprint density at radius 2 is 1.84 bits per heavy atom. The zero-order valence-electron chi connectivity index (χ0n) is 11.5. The summed E-state index contributed by atoms with van der Waals surface area (Å²) < 4.78 is 2.02. The van der Waals surface area contributed by atoms with Crippen molar-refractivity contribution < 1.29 is 0 Å². The van der Waals surface area contributed by atoms with Crippen LogP contribution in [0.4, 0.5) is 0 Å². The number of rotatable bonds is 6. The van der Waals surface area contributed by atoms with Gasteiger partial charge in [-0.2, -0.15) is 5.10 Å². The third-order valence-corrected chi connectivity index (χ3v) is 2.73. The zero-order chi connectivity index (χ0) is 12.8. The SMILES string of the molecule is CC(C)Cn1ccc(CNCc2ccccc2)n1.Cl. The molecule has 0 spiro atoms. The second-order valence-electron chi connectivity index (χ2n) is 5.01. The van der Waals surface area contributed by atoms with Crippen LogP contribution in [0.3, 0.4) is 0 Å². The van der Waals surface area contributed by atoms with E-state index in [1.54, 1.807) is 0 Å². The molecule has 19 heavy (non-hydrogen) atoms. The van der Waals surface area contributed by atoms with Crippen LogP contribution in [0.1, 0.15) is 25.1 Å². The van der Waals surface area contributed by atoms with Crippen LogP contribution in [-0.2, 0) is 19.6 Å². The maximum atomic E-state index is 4.54. The van der Waals surface area contributed by atoms with Crippen molar-refractivity contribution >= 4 is 12.4 Å². The average Bonchev–Trinajstić information content (AvgIpc) is 2.77. The number of nitrogens with zero attached hydrogens (tertiary/aromatic N) is 2. The first-order valence-electron chi connectivity index (χ1n) is 6.51. The van der Waals surface area contributed by atoms with Gasteiger partial charge in [-0.25, -0.2) is 0 Å². The minimum atomic E-state index is 0. The van der Waals surface area contributed by atoms with Gasteiger partial charge in [0.05, 0.1) is 5.69 Å². The third kappa shape index (κ3) is 5.45. The van der Waals surface area contributed by atoms with E-state index in [2.05, 4.69) is 60.8 Å². The molecule has 1 N–H and O–H groups in total. The van der Waals surface area contributed by atoms with Gasteiger partial charge in [-0.1, -0.05) is 44.2 Å². The number of benzene rings is 1. The van der Waals surface area contributed by atoms with Crippen molar-refractivity contribution in [3.63, 3.8) is 0 Å². The Hall–Kier alpha value is -1.32. The van der Waals surface area contributed by atoms with E-state index in [1.807, 2.05) is 10.7 Å². The molecule has 0 aliphatic rings. The van der Waals surface area contributed by atoms with Gasteiger partial charge in [-0.3, -0.25) is 4.68 Å². The number of nitrogens with one attached hydrogen (secondary N) is 1. The van der Waals surface area contributed by atoms with Crippen molar-refractivity contribution in [2.45, 2.75) is 33.5 Å². The molecule has 0 aliphatic heterocycles. The summed E-state index contributed by atoms with van der Waals surface area (Å²) in [5, 5.41) is 7.94. The van der Waals surface area contributed by atoms with E-state index < -0.39 is 0 Å². The minimum Gasteiger partial charge on any atom is -0.307 e. The zero-order valence-corrected chi connectivity index (χ0v) is 12.4. The quantitative estimate of drug-likeness (QED) is 0.880. The fourth-order valence-electron chi connectivity index (χ4n) is 1.90. The maximum absolute atomic E-state index is 4.54. The van der Waals surface area contributed by atoms with Crippen LogP contribution in [0.2, 0.25) is 0 Å². The smallest absolute Gasteiger partial charge is 0.0762 e. The van der Waals surface area contributed by atoms with Crippen LogP contribution in [0.5, 0.6) is 0 Å². The molecule has 0 saturated heterocycles. The molecule has 1 aromatic carbocycles. The molecule has 0 saturated carbocycles. The fraction of sp³-hybridized carbons (Fsp3) is 0.400. The molecule has 0 aliphatic carbocycles. The predicted molar refractivity (Wildman–Crippen MR) is 81.3 cm³/mol. The van der Waals surface area contributed by atoms with Crippen molar-refractivity contribution in [3.05, 3.63) is 53.9 Å². The molecule has 0 radical (unpaired) electrons. The summed E-state index contributed by atoms with van der Waals surface area (Å²) >= 11 is 0. The highest BCUT2D eigenvalue weighted by Gasteiger charge is 2.00. The molecule has 4 heteroatoms. The van der Waals surface area contributed by atoms with Crippen molar-refractivity contribution in [2.24, 2.45) is 5.92 Å². The number of aromatic nitrogens is 2. The van der Waals surface area contributed by atoms with Gasteiger partial charge in [0.15, 0.2) is 0 Å². The van der Waals surface area contributed by atoms with Crippen LogP contribution in [0.15, 0.2) is 42.6 Å². The average molecular weight is 280 g/mol. The maximum Gasteiger partial charge on any atom is 0.0762 e. The van der Waals surface area contributed by atoms with Gasteiger partial charge >= 0.3 is 0 Å². The molecular weight excluding hydrogens is 258 g/mol. The Kier molecular flexibility index (Phi) is 6.60. The normalized spacial score (nSPS) is 10.5. The number of hydrogen-bond donors (Lipinski definition) is 1. The van der Waals surface area contributed by atoms with E-state index in [1.165, 1.54) is 5.56 Å². The lowest BCUT2D eigenvalue weighted by Gasteiger charge is -2.04. The van der Waals surface area contributed by atoms with Crippen LogP contribution < -0.4 is 5.32 Å². The Balaban J connectivity index is 0.00000180. The first-order valence-corrected chi connectivity index (χ1v) is 6.51. The summed E-state index contributed by atoms with van der Waals surface area (Å²) in [7, 11) is 0. The van der Waals surface area contributed by atoms with Crippen molar-refractivity contribution in [1.82, 2.24) is 15.1 Å².